The number of allylic oxidation sites excluding steroid dienone is 4. The smallest absolute Gasteiger partial charge is 0.282 e. The summed E-state index contributed by atoms with van der Waals surface area (Å²) in [6.07, 6.45) is 15.0. The third-order valence-corrected chi connectivity index (χ3v) is 6.68. The molecule has 4 heteroatoms. The molecule has 23 heavy (non-hydrogen) atoms. The van der Waals surface area contributed by atoms with E-state index in [0.29, 0.717) is 16.7 Å². The molecule has 1 saturated carbocycles. The maximum absolute atomic E-state index is 12.1. The fourth-order valence-electron chi connectivity index (χ4n) is 4.24. The number of hydrogen-bond donors (Lipinski definition) is 1. The van der Waals surface area contributed by atoms with Crippen LogP contribution in [0.4, 0.5) is 0 Å². The first-order valence-electron chi connectivity index (χ1n) is 9.33. The van der Waals surface area contributed by atoms with Gasteiger partial charge < -0.3 is 0 Å². The van der Waals surface area contributed by atoms with Gasteiger partial charge in [-0.15, -0.1) is 0 Å². The van der Waals surface area contributed by atoms with Crippen LogP contribution in [0.1, 0.15) is 78.1 Å². The van der Waals surface area contributed by atoms with Gasteiger partial charge in [-0.05, 0) is 36.7 Å². The van der Waals surface area contributed by atoms with Crippen LogP contribution < -0.4 is 0 Å². The summed E-state index contributed by atoms with van der Waals surface area (Å²) < 4.78 is 34.2. The van der Waals surface area contributed by atoms with Crippen molar-refractivity contribution in [1.29, 1.82) is 0 Å². The Kier molecular flexibility index (Phi) is 6.90. The zero-order valence-electron chi connectivity index (χ0n) is 14.6. The van der Waals surface area contributed by atoms with Crippen LogP contribution >= 0.6 is 0 Å². The molecular weight excluding hydrogens is 308 g/mol. The first-order valence-corrected chi connectivity index (χ1v) is 10.8. The molecule has 0 heterocycles. The van der Waals surface area contributed by atoms with Gasteiger partial charge in [0.1, 0.15) is 0 Å². The Labute approximate surface area is 142 Å². The molecule has 0 spiro atoms. The molecule has 0 aromatic rings. The summed E-state index contributed by atoms with van der Waals surface area (Å²) in [6, 6.07) is 0. The van der Waals surface area contributed by atoms with Crippen LogP contribution in [-0.4, -0.2) is 13.0 Å². The molecule has 1 fully saturated rings. The van der Waals surface area contributed by atoms with Crippen LogP contribution in [0.5, 0.6) is 0 Å². The fraction of sp³-hybridized carbons (Fsp3) is 0.789. The first kappa shape index (κ1) is 18.7. The summed E-state index contributed by atoms with van der Waals surface area (Å²) in [5.41, 5.74) is 0.908. The predicted molar refractivity (Wildman–Crippen MR) is 95.7 cm³/mol. The monoisotopic (exact) mass is 340 g/mol. The van der Waals surface area contributed by atoms with E-state index in [2.05, 4.69) is 19.9 Å². The largest absolute Gasteiger partial charge is 0.291 e. The molecule has 2 unspecified atom stereocenters. The van der Waals surface area contributed by atoms with Gasteiger partial charge in [-0.25, -0.2) is 0 Å². The molecule has 0 radical (unpaired) electrons. The van der Waals surface area contributed by atoms with Crippen LogP contribution in [0.3, 0.4) is 0 Å². The van der Waals surface area contributed by atoms with E-state index in [9.17, 15) is 13.0 Å². The van der Waals surface area contributed by atoms with E-state index in [-0.39, 0.29) is 5.92 Å². The van der Waals surface area contributed by atoms with Crippen LogP contribution in [0, 0.1) is 17.8 Å². The molecule has 0 aliphatic heterocycles. The average Bonchev–Trinajstić information content (AvgIpc) is 2.54. The van der Waals surface area contributed by atoms with Crippen molar-refractivity contribution in [3.05, 3.63) is 22.6 Å². The van der Waals surface area contributed by atoms with E-state index in [1.165, 1.54) is 19.3 Å². The molecule has 0 aromatic heterocycles. The third kappa shape index (κ3) is 4.93. The molecule has 2 aliphatic rings. The van der Waals surface area contributed by atoms with Crippen LogP contribution in [-0.2, 0) is 10.1 Å². The molecular formula is C19H32O3S. The molecule has 2 aliphatic carbocycles. The second-order valence-electron chi connectivity index (χ2n) is 7.35. The highest BCUT2D eigenvalue weighted by atomic mass is 32.2. The molecule has 2 atom stereocenters. The van der Waals surface area contributed by atoms with Gasteiger partial charge in [0.2, 0.25) is 0 Å². The Bertz CT molecular complexity index is 539. The topological polar surface area (TPSA) is 54.4 Å². The maximum Gasteiger partial charge on any atom is 0.291 e. The SMILES string of the molecule is CCCCCC(C)C1CC=CC(C2CCCCC2)=C1S(=O)(=O)O. The predicted octanol–water partition coefficient (Wildman–Crippen LogP) is 5.50. The van der Waals surface area contributed by atoms with Gasteiger partial charge in [0.15, 0.2) is 0 Å². The van der Waals surface area contributed by atoms with E-state index >= 15 is 0 Å². The number of unbranched alkanes of at least 4 members (excludes halogenated alkanes) is 2. The van der Waals surface area contributed by atoms with Crippen molar-refractivity contribution in [2.75, 3.05) is 0 Å². The Balaban J connectivity index is 2.27. The van der Waals surface area contributed by atoms with Gasteiger partial charge in [0.25, 0.3) is 10.1 Å². The highest BCUT2D eigenvalue weighted by molar-refractivity contribution is 7.89. The number of hydrogen-bond acceptors (Lipinski definition) is 2. The van der Waals surface area contributed by atoms with Crippen molar-refractivity contribution in [3.63, 3.8) is 0 Å². The summed E-state index contributed by atoms with van der Waals surface area (Å²) in [5.74, 6) is 0.549. The Morgan fingerprint density at radius 2 is 1.91 bits per heavy atom. The minimum atomic E-state index is -4.12. The lowest BCUT2D eigenvalue weighted by atomic mass is 9.76. The van der Waals surface area contributed by atoms with Gasteiger partial charge in [-0.3, -0.25) is 4.55 Å². The summed E-state index contributed by atoms with van der Waals surface area (Å²) in [6.45, 7) is 4.32. The van der Waals surface area contributed by atoms with Crippen molar-refractivity contribution in [1.82, 2.24) is 0 Å². The number of rotatable bonds is 7. The molecule has 3 nitrogen and oxygen atoms in total. The summed E-state index contributed by atoms with van der Waals surface area (Å²) in [4.78, 5) is 0.343. The van der Waals surface area contributed by atoms with Crippen molar-refractivity contribution >= 4 is 10.1 Å². The average molecular weight is 341 g/mol. The normalized spacial score (nSPS) is 24.9. The Hall–Kier alpha value is -0.610. The second kappa shape index (κ2) is 8.48. The van der Waals surface area contributed by atoms with E-state index in [1.807, 2.05) is 6.08 Å². The lowest BCUT2D eigenvalue weighted by Crippen LogP contribution is -2.26. The molecule has 0 aromatic carbocycles. The van der Waals surface area contributed by atoms with Gasteiger partial charge in [-0.1, -0.05) is 70.9 Å². The molecule has 0 bridgehead atoms. The lowest BCUT2D eigenvalue weighted by Gasteiger charge is -2.32. The Morgan fingerprint density at radius 1 is 1.22 bits per heavy atom. The second-order valence-corrected chi connectivity index (χ2v) is 8.74. The van der Waals surface area contributed by atoms with Crippen LogP contribution in [0.25, 0.3) is 0 Å². The highest BCUT2D eigenvalue weighted by Gasteiger charge is 2.35. The van der Waals surface area contributed by atoms with E-state index < -0.39 is 10.1 Å². The van der Waals surface area contributed by atoms with Crippen molar-refractivity contribution in [2.45, 2.75) is 78.1 Å². The summed E-state index contributed by atoms with van der Waals surface area (Å²) >= 11 is 0. The fourth-order valence-corrected chi connectivity index (χ4v) is 5.49. The van der Waals surface area contributed by atoms with Gasteiger partial charge in [0.05, 0.1) is 4.91 Å². The standard InChI is InChI=1S/C19H32O3S/c1-3-4-6-10-15(2)17-13-9-14-18(19(17)23(20,21)22)16-11-7-5-8-12-16/h9,14-17H,3-8,10-13H2,1-2H3,(H,20,21,22). The quantitative estimate of drug-likeness (QED) is 0.491. The van der Waals surface area contributed by atoms with Crippen molar-refractivity contribution in [3.8, 4) is 0 Å². The van der Waals surface area contributed by atoms with Crippen molar-refractivity contribution < 1.29 is 13.0 Å². The van der Waals surface area contributed by atoms with Crippen molar-refractivity contribution in [2.24, 2.45) is 17.8 Å². The maximum atomic E-state index is 12.1. The van der Waals surface area contributed by atoms with Gasteiger partial charge >= 0.3 is 0 Å². The zero-order valence-corrected chi connectivity index (χ0v) is 15.4. The highest BCUT2D eigenvalue weighted by Crippen LogP contribution is 2.42. The minimum Gasteiger partial charge on any atom is -0.282 e. The summed E-state index contributed by atoms with van der Waals surface area (Å²) in [7, 11) is -4.12. The molecule has 2 rings (SSSR count). The van der Waals surface area contributed by atoms with E-state index in [4.69, 9.17) is 0 Å². The molecule has 0 amide bonds. The van der Waals surface area contributed by atoms with Crippen LogP contribution in [0.2, 0.25) is 0 Å². The summed E-state index contributed by atoms with van der Waals surface area (Å²) in [5, 5.41) is 0. The lowest BCUT2D eigenvalue weighted by molar-refractivity contribution is 0.356. The minimum absolute atomic E-state index is 0.0521. The first-order chi connectivity index (χ1) is 10.9. The molecule has 1 N–H and O–H groups in total. The van der Waals surface area contributed by atoms with Crippen LogP contribution in [0.15, 0.2) is 22.6 Å². The van der Waals surface area contributed by atoms with Gasteiger partial charge in [-0.2, -0.15) is 8.42 Å². The zero-order chi connectivity index (χ0) is 16.9. The third-order valence-electron chi connectivity index (χ3n) is 5.58. The molecule has 132 valence electrons. The van der Waals surface area contributed by atoms with Gasteiger partial charge in [0, 0.05) is 5.92 Å². The Morgan fingerprint density at radius 3 is 2.52 bits per heavy atom. The van der Waals surface area contributed by atoms with E-state index in [0.717, 1.165) is 50.5 Å². The molecule has 0 saturated heterocycles. The van der Waals surface area contributed by atoms with E-state index in [1.54, 1.807) is 0 Å².